The number of hydrogen-bond acceptors (Lipinski definition) is 6. The summed E-state index contributed by atoms with van der Waals surface area (Å²) in [6, 6.07) is 1.81. The predicted octanol–water partition coefficient (Wildman–Crippen LogP) is 1.23. The highest BCUT2D eigenvalue weighted by Crippen LogP contribution is 2.19. The Hall–Kier alpha value is -2.68. The van der Waals surface area contributed by atoms with Crippen LogP contribution in [0.5, 0.6) is 0 Å². The van der Waals surface area contributed by atoms with Crippen LogP contribution in [-0.2, 0) is 17.9 Å². The molecule has 3 heterocycles. The van der Waals surface area contributed by atoms with Crippen LogP contribution < -0.4 is 11.1 Å². The molecule has 0 radical (unpaired) electrons. The van der Waals surface area contributed by atoms with Gasteiger partial charge in [-0.1, -0.05) is 11.6 Å². The molecule has 120 valence electrons. The van der Waals surface area contributed by atoms with Crippen LogP contribution >= 0.6 is 11.6 Å². The standard InChI is InChI=1S/C13H15ClN8O/c1-3-22-8(4-7(2)20-22)17-9(23)5-21-6-16-10-11(14)18-13(15)19-12(10)21/h4,6H,3,5H2,1-2H3,(H,17,23)(H2,15,18,19). The van der Waals surface area contributed by atoms with Gasteiger partial charge < -0.3 is 15.6 Å². The summed E-state index contributed by atoms with van der Waals surface area (Å²) < 4.78 is 3.28. The van der Waals surface area contributed by atoms with Gasteiger partial charge in [-0.15, -0.1) is 0 Å². The fourth-order valence-corrected chi connectivity index (χ4v) is 2.49. The summed E-state index contributed by atoms with van der Waals surface area (Å²) >= 11 is 5.97. The Bertz CT molecular complexity index is 884. The topological polar surface area (TPSA) is 117 Å². The third-order valence-electron chi connectivity index (χ3n) is 3.22. The van der Waals surface area contributed by atoms with E-state index in [9.17, 15) is 4.79 Å². The van der Waals surface area contributed by atoms with Gasteiger partial charge in [0.1, 0.15) is 17.9 Å². The number of nitrogen functional groups attached to an aromatic ring is 1. The third-order valence-corrected chi connectivity index (χ3v) is 3.49. The molecule has 0 saturated heterocycles. The average molecular weight is 335 g/mol. The lowest BCUT2D eigenvalue weighted by Gasteiger charge is -2.08. The first kappa shape index (κ1) is 15.2. The van der Waals surface area contributed by atoms with Crippen LogP contribution in [0.4, 0.5) is 11.8 Å². The van der Waals surface area contributed by atoms with Gasteiger partial charge in [0.15, 0.2) is 10.8 Å². The van der Waals surface area contributed by atoms with E-state index in [1.165, 1.54) is 6.33 Å². The number of fused-ring (bicyclic) bond motifs is 1. The molecular weight excluding hydrogens is 320 g/mol. The molecule has 0 bridgehead atoms. The van der Waals surface area contributed by atoms with Crippen molar-refractivity contribution in [2.24, 2.45) is 0 Å². The van der Waals surface area contributed by atoms with Crippen molar-refractivity contribution in [3.63, 3.8) is 0 Å². The monoisotopic (exact) mass is 334 g/mol. The van der Waals surface area contributed by atoms with Crippen molar-refractivity contribution in [2.45, 2.75) is 26.9 Å². The van der Waals surface area contributed by atoms with Gasteiger partial charge in [-0.3, -0.25) is 4.79 Å². The van der Waals surface area contributed by atoms with E-state index in [4.69, 9.17) is 17.3 Å². The number of aryl methyl sites for hydroxylation is 2. The number of amides is 1. The molecule has 0 spiro atoms. The Kier molecular flexibility index (Phi) is 3.87. The quantitative estimate of drug-likeness (QED) is 0.693. The maximum Gasteiger partial charge on any atom is 0.245 e. The second-order valence-corrected chi connectivity index (χ2v) is 5.31. The Morgan fingerprint density at radius 1 is 1.43 bits per heavy atom. The maximum atomic E-state index is 12.3. The van der Waals surface area contributed by atoms with Crippen LogP contribution in [0.25, 0.3) is 11.2 Å². The molecule has 10 heteroatoms. The van der Waals surface area contributed by atoms with Crippen LogP contribution in [0.3, 0.4) is 0 Å². The van der Waals surface area contributed by atoms with Gasteiger partial charge in [0.25, 0.3) is 0 Å². The van der Waals surface area contributed by atoms with E-state index in [1.54, 1.807) is 9.25 Å². The van der Waals surface area contributed by atoms with Gasteiger partial charge in [-0.2, -0.15) is 15.1 Å². The molecule has 0 aliphatic rings. The fraction of sp³-hybridized carbons (Fsp3) is 0.308. The van der Waals surface area contributed by atoms with Crippen LogP contribution in [0.15, 0.2) is 12.4 Å². The molecule has 0 aliphatic heterocycles. The summed E-state index contributed by atoms with van der Waals surface area (Å²) in [5, 5.41) is 7.26. The third kappa shape index (κ3) is 2.95. The van der Waals surface area contributed by atoms with Gasteiger partial charge in [0.2, 0.25) is 11.9 Å². The number of carbonyl (C=O) groups excluding carboxylic acids is 1. The fourth-order valence-electron chi connectivity index (χ4n) is 2.27. The second-order valence-electron chi connectivity index (χ2n) is 4.95. The zero-order chi connectivity index (χ0) is 16.6. The van der Waals surface area contributed by atoms with Crippen LogP contribution in [0.1, 0.15) is 12.6 Å². The minimum absolute atomic E-state index is 0.0250. The predicted molar refractivity (Wildman–Crippen MR) is 86.0 cm³/mol. The number of halogens is 1. The Morgan fingerprint density at radius 2 is 2.22 bits per heavy atom. The van der Waals surface area contributed by atoms with Crippen LogP contribution in [0.2, 0.25) is 5.15 Å². The number of nitrogens with zero attached hydrogens (tertiary/aromatic N) is 6. The Labute approximate surface area is 136 Å². The van der Waals surface area contributed by atoms with E-state index < -0.39 is 0 Å². The highest BCUT2D eigenvalue weighted by atomic mass is 35.5. The van der Waals surface area contributed by atoms with E-state index in [2.05, 4.69) is 25.4 Å². The van der Waals surface area contributed by atoms with Crippen molar-refractivity contribution < 1.29 is 4.79 Å². The SMILES string of the molecule is CCn1nc(C)cc1NC(=O)Cn1cnc2c(Cl)nc(N)nc21. The van der Waals surface area contributed by atoms with Crippen molar-refractivity contribution in [1.82, 2.24) is 29.3 Å². The number of anilines is 2. The molecule has 9 nitrogen and oxygen atoms in total. The largest absolute Gasteiger partial charge is 0.368 e. The lowest BCUT2D eigenvalue weighted by Crippen LogP contribution is -2.20. The van der Waals surface area contributed by atoms with E-state index in [0.717, 1.165) is 5.69 Å². The van der Waals surface area contributed by atoms with Crippen molar-refractivity contribution in [3.8, 4) is 0 Å². The zero-order valence-corrected chi connectivity index (χ0v) is 13.4. The molecule has 1 amide bonds. The van der Waals surface area contributed by atoms with E-state index in [0.29, 0.717) is 23.5 Å². The van der Waals surface area contributed by atoms with Crippen molar-refractivity contribution in [2.75, 3.05) is 11.1 Å². The molecule has 0 fully saturated rings. The molecular formula is C13H15ClN8O. The zero-order valence-electron chi connectivity index (χ0n) is 12.6. The normalized spacial score (nSPS) is 11.1. The Morgan fingerprint density at radius 3 is 2.96 bits per heavy atom. The van der Waals surface area contributed by atoms with Gasteiger partial charge >= 0.3 is 0 Å². The number of carbonyl (C=O) groups is 1. The first-order valence-electron chi connectivity index (χ1n) is 6.96. The molecule has 3 aromatic heterocycles. The van der Waals surface area contributed by atoms with Gasteiger partial charge in [-0.25, -0.2) is 9.67 Å². The van der Waals surface area contributed by atoms with Crippen LogP contribution in [0, 0.1) is 6.92 Å². The summed E-state index contributed by atoms with van der Waals surface area (Å²) in [5.74, 6) is 0.447. The smallest absolute Gasteiger partial charge is 0.245 e. The molecule has 0 aliphatic carbocycles. The second kappa shape index (κ2) is 5.84. The summed E-state index contributed by atoms with van der Waals surface area (Å²) in [6.45, 7) is 4.51. The molecule has 0 atom stereocenters. The van der Waals surface area contributed by atoms with Crippen molar-refractivity contribution in [1.29, 1.82) is 0 Å². The molecule has 0 aromatic carbocycles. The molecule has 3 aromatic rings. The molecule has 3 N–H and O–H groups in total. The molecule has 0 saturated carbocycles. The molecule has 0 unspecified atom stereocenters. The van der Waals surface area contributed by atoms with E-state index >= 15 is 0 Å². The number of imidazole rings is 1. The van der Waals surface area contributed by atoms with Crippen molar-refractivity contribution >= 4 is 40.4 Å². The van der Waals surface area contributed by atoms with Crippen molar-refractivity contribution in [3.05, 3.63) is 23.2 Å². The molecule has 23 heavy (non-hydrogen) atoms. The first-order valence-corrected chi connectivity index (χ1v) is 7.34. The number of hydrogen-bond donors (Lipinski definition) is 2. The summed E-state index contributed by atoms with van der Waals surface area (Å²) in [6.07, 6.45) is 1.48. The number of rotatable bonds is 4. The highest BCUT2D eigenvalue weighted by molar-refractivity contribution is 6.33. The average Bonchev–Trinajstić information content (AvgIpc) is 3.03. The van der Waals surface area contributed by atoms with E-state index in [1.807, 2.05) is 19.9 Å². The number of aromatic nitrogens is 6. The lowest BCUT2D eigenvalue weighted by molar-refractivity contribution is -0.116. The van der Waals surface area contributed by atoms with E-state index in [-0.39, 0.29) is 23.6 Å². The van der Waals surface area contributed by atoms with Gasteiger partial charge in [0, 0.05) is 12.6 Å². The summed E-state index contributed by atoms with van der Waals surface area (Å²) in [5.41, 5.74) is 7.24. The summed E-state index contributed by atoms with van der Waals surface area (Å²) in [4.78, 5) is 24.3. The van der Waals surface area contributed by atoms with Crippen LogP contribution in [-0.4, -0.2) is 35.2 Å². The molecule has 3 rings (SSSR count). The Balaban J connectivity index is 1.83. The number of nitrogens with two attached hydrogens (primary N) is 1. The minimum Gasteiger partial charge on any atom is -0.368 e. The first-order chi connectivity index (χ1) is 11.0. The highest BCUT2D eigenvalue weighted by Gasteiger charge is 2.14. The van der Waals surface area contributed by atoms with Gasteiger partial charge in [-0.05, 0) is 13.8 Å². The minimum atomic E-state index is -0.229. The maximum absolute atomic E-state index is 12.3. The lowest BCUT2D eigenvalue weighted by atomic mass is 10.4. The number of nitrogens with one attached hydrogen (secondary N) is 1. The summed E-state index contributed by atoms with van der Waals surface area (Å²) in [7, 11) is 0. The van der Waals surface area contributed by atoms with Gasteiger partial charge in [0.05, 0.1) is 12.0 Å².